The zero-order valence-electron chi connectivity index (χ0n) is 13.5. The molecule has 2 rings (SSSR count). The van der Waals surface area contributed by atoms with Gasteiger partial charge in [-0.2, -0.15) is 5.10 Å². The Labute approximate surface area is 127 Å². The summed E-state index contributed by atoms with van der Waals surface area (Å²) in [5.41, 5.74) is 2.23. The number of aliphatic carboxylic acids is 1. The van der Waals surface area contributed by atoms with E-state index in [1.54, 1.807) is 0 Å². The van der Waals surface area contributed by atoms with Crippen LogP contribution in [0.25, 0.3) is 0 Å². The Kier molecular flexibility index (Phi) is 5.43. The van der Waals surface area contributed by atoms with E-state index in [4.69, 9.17) is 0 Å². The molecule has 118 valence electrons. The molecule has 0 aromatic carbocycles. The van der Waals surface area contributed by atoms with Crippen LogP contribution in [-0.4, -0.2) is 20.9 Å². The Balaban J connectivity index is 2.13. The molecule has 3 atom stereocenters. The average Bonchev–Trinajstić information content (AvgIpc) is 2.79. The van der Waals surface area contributed by atoms with Crippen LogP contribution in [0.2, 0.25) is 0 Å². The molecular formula is C17H28N2O2. The quantitative estimate of drug-likeness (QED) is 0.870. The van der Waals surface area contributed by atoms with E-state index < -0.39 is 5.97 Å². The third-order valence-electron chi connectivity index (χ3n) is 4.86. The zero-order valence-corrected chi connectivity index (χ0v) is 13.5. The van der Waals surface area contributed by atoms with E-state index in [9.17, 15) is 9.90 Å². The normalized spacial score (nSPS) is 26.0. The Bertz CT molecular complexity index is 481. The molecule has 0 spiro atoms. The lowest BCUT2D eigenvalue weighted by molar-refractivity contribution is -0.145. The van der Waals surface area contributed by atoms with Gasteiger partial charge >= 0.3 is 5.97 Å². The van der Waals surface area contributed by atoms with Gasteiger partial charge in [-0.1, -0.05) is 19.8 Å². The second kappa shape index (κ2) is 7.10. The van der Waals surface area contributed by atoms with E-state index in [0.29, 0.717) is 5.92 Å². The van der Waals surface area contributed by atoms with E-state index in [-0.39, 0.29) is 11.8 Å². The van der Waals surface area contributed by atoms with Crippen LogP contribution in [0.5, 0.6) is 0 Å². The summed E-state index contributed by atoms with van der Waals surface area (Å²) in [5, 5.41) is 14.0. The molecule has 4 heteroatoms. The Morgan fingerprint density at radius 3 is 2.81 bits per heavy atom. The van der Waals surface area contributed by atoms with Crippen LogP contribution in [0.3, 0.4) is 0 Å². The van der Waals surface area contributed by atoms with Crippen LogP contribution in [0.15, 0.2) is 6.07 Å². The molecule has 0 saturated heterocycles. The van der Waals surface area contributed by atoms with Crippen LogP contribution in [-0.2, 0) is 17.8 Å². The maximum absolute atomic E-state index is 11.6. The maximum atomic E-state index is 11.6. The number of hydrogen-bond donors (Lipinski definition) is 1. The standard InChI is InChI=1S/C17H28N2O2/c1-4-6-13-7-8-16(17(20)21)14(10-13)11-15-9-12(3)18-19(15)5-2/h9,13-14,16H,4-8,10-11H2,1-3H3,(H,20,21). The third-order valence-corrected chi connectivity index (χ3v) is 4.86. The van der Waals surface area contributed by atoms with Crippen LogP contribution < -0.4 is 0 Å². The van der Waals surface area contributed by atoms with Crippen molar-refractivity contribution in [3.05, 3.63) is 17.5 Å². The number of aryl methyl sites for hydroxylation is 2. The Morgan fingerprint density at radius 1 is 1.43 bits per heavy atom. The van der Waals surface area contributed by atoms with Crippen LogP contribution >= 0.6 is 0 Å². The summed E-state index contributed by atoms with van der Waals surface area (Å²) in [4.78, 5) is 11.6. The number of nitrogens with zero attached hydrogens (tertiary/aromatic N) is 2. The summed E-state index contributed by atoms with van der Waals surface area (Å²) >= 11 is 0. The summed E-state index contributed by atoms with van der Waals surface area (Å²) < 4.78 is 2.03. The molecule has 1 N–H and O–H groups in total. The number of carboxylic acids is 1. The summed E-state index contributed by atoms with van der Waals surface area (Å²) in [7, 11) is 0. The largest absolute Gasteiger partial charge is 0.481 e. The van der Waals surface area contributed by atoms with Gasteiger partial charge in [0.15, 0.2) is 0 Å². The number of aromatic nitrogens is 2. The van der Waals surface area contributed by atoms with Crippen LogP contribution in [0.4, 0.5) is 0 Å². The molecule has 0 radical (unpaired) electrons. The lowest BCUT2D eigenvalue weighted by Crippen LogP contribution is -2.32. The fourth-order valence-electron chi connectivity index (χ4n) is 3.89. The van der Waals surface area contributed by atoms with Gasteiger partial charge in [0.1, 0.15) is 0 Å². The highest BCUT2D eigenvalue weighted by Gasteiger charge is 2.35. The first-order chi connectivity index (χ1) is 10.0. The molecule has 1 heterocycles. The minimum Gasteiger partial charge on any atom is -0.481 e. The van der Waals surface area contributed by atoms with Gasteiger partial charge in [-0.25, -0.2) is 0 Å². The zero-order chi connectivity index (χ0) is 15.4. The molecule has 21 heavy (non-hydrogen) atoms. The molecule has 1 fully saturated rings. The first-order valence-electron chi connectivity index (χ1n) is 8.31. The van der Waals surface area contributed by atoms with E-state index >= 15 is 0 Å². The molecule has 0 amide bonds. The van der Waals surface area contributed by atoms with Crippen molar-refractivity contribution in [1.29, 1.82) is 0 Å². The maximum Gasteiger partial charge on any atom is 0.306 e. The molecule has 3 unspecified atom stereocenters. The first kappa shape index (κ1) is 16.1. The third kappa shape index (κ3) is 3.86. The van der Waals surface area contributed by atoms with Crippen LogP contribution in [0.1, 0.15) is 57.3 Å². The predicted octanol–water partition coefficient (Wildman–Crippen LogP) is 3.67. The molecule has 1 saturated carbocycles. The van der Waals surface area contributed by atoms with Gasteiger partial charge in [0.25, 0.3) is 0 Å². The van der Waals surface area contributed by atoms with Crippen molar-refractivity contribution in [2.24, 2.45) is 17.8 Å². The van der Waals surface area contributed by atoms with Gasteiger partial charge < -0.3 is 5.11 Å². The number of rotatable bonds is 6. The molecule has 4 nitrogen and oxygen atoms in total. The smallest absolute Gasteiger partial charge is 0.306 e. The average molecular weight is 292 g/mol. The predicted molar refractivity (Wildman–Crippen MR) is 83.2 cm³/mol. The van der Waals surface area contributed by atoms with E-state index in [2.05, 4.69) is 25.0 Å². The van der Waals surface area contributed by atoms with Gasteiger partial charge in [-0.15, -0.1) is 0 Å². The lowest BCUT2D eigenvalue weighted by Gasteiger charge is -2.34. The summed E-state index contributed by atoms with van der Waals surface area (Å²) in [6.07, 6.45) is 6.25. The summed E-state index contributed by atoms with van der Waals surface area (Å²) in [6.45, 7) is 7.16. The van der Waals surface area contributed by atoms with Crippen molar-refractivity contribution in [1.82, 2.24) is 9.78 Å². The van der Waals surface area contributed by atoms with E-state index in [1.807, 2.05) is 11.6 Å². The first-order valence-corrected chi connectivity index (χ1v) is 8.31. The fraction of sp³-hybridized carbons (Fsp3) is 0.765. The van der Waals surface area contributed by atoms with Crippen molar-refractivity contribution in [2.45, 2.75) is 65.8 Å². The van der Waals surface area contributed by atoms with Gasteiger partial charge in [-0.3, -0.25) is 9.48 Å². The number of carbonyl (C=O) groups is 1. The van der Waals surface area contributed by atoms with E-state index in [0.717, 1.165) is 37.9 Å². The number of hydrogen-bond acceptors (Lipinski definition) is 2. The van der Waals surface area contributed by atoms with Crippen molar-refractivity contribution >= 4 is 5.97 Å². The Morgan fingerprint density at radius 2 is 2.19 bits per heavy atom. The number of carboxylic acid groups (broad SMARTS) is 1. The molecular weight excluding hydrogens is 264 g/mol. The monoisotopic (exact) mass is 292 g/mol. The highest BCUT2D eigenvalue weighted by molar-refractivity contribution is 5.70. The molecule has 0 bridgehead atoms. The second-order valence-electron chi connectivity index (χ2n) is 6.47. The van der Waals surface area contributed by atoms with Gasteiger partial charge in [0.2, 0.25) is 0 Å². The minimum absolute atomic E-state index is 0.182. The summed E-state index contributed by atoms with van der Waals surface area (Å²) in [5.74, 6) is 0.164. The van der Waals surface area contributed by atoms with Crippen molar-refractivity contribution in [2.75, 3.05) is 0 Å². The van der Waals surface area contributed by atoms with Gasteiger partial charge in [0.05, 0.1) is 11.6 Å². The second-order valence-corrected chi connectivity index (χ2v) is 6.47. The highest BCUT2D eigenvalue weighted by atomic mass is 16.4. The topological polar surface area (TPSA) is 55.1 Å². The molecule has 1 aliphatic carbocycles. The molecule has 1 aromatic heterocycles. The lowest BCUT2D eigenvalue weighted by atomic mass is 9.71. The fourth-order valence-corrected chi connectivity index (χ4v) is 3.89. The molecule has 0 aliphatic heterocycles. The highest BCUT2D eigenvalue weighted by Crippen LogP contribution is 2.38. The SMILES string of the molecule is CCCC1CCC(C(=O)O)C(Cc2cc(C)nn2CC)C1. The van der Waals surface area contributed by atoms with Crippen LogP contribution in [0, 0.1) is 24.7 Å². The van der Waals surface area contributed by atoms with Gasteiger partial charge in [-0.05, 0) is 57.4 Å². The Hall–Kier alpha value is -1.32. The van der Waals surface area contributed by atoms with Crippen molar-refractivity contribution in [3.8, 4) is 0 Å². The molecule has 1 aromatic rings. The van der Waals surface area contributed by atoms with E-state index in [1.165, 1.54) is 18.5 Å². The summed E-state index contributed by atoms with van der Waals surface area (Å²) in [6, 6.07) is 2.12. The van der Waals surface area contributed by atoms with Crippen molar-refractivity contribution in [3.63, 3.8) is 0 Å². The minimum atomic E-state index is -0.616. The van der Waals surface area contributed by atoms with Gasteiger partial charge in [0, 0.05) is 12.2 Å². The van der Waals surface area contributed by atoms with Crippen molar-refractivity contribution < 1.29 is 9.90 Å². The molecule has 1 aliphatic rings.